The SMILES string of the molecule is CC(COC1CCOC1)Nc1ccc(C(F)(F)F)cc1[N+](=O)[O-]. The predicted octanol–water partition coefficient (Wildman–Crippen LogP) is 3.22. The largest absolute Gasteiger partial charge is 0.416 e. The van der Waals surface area contributed by atoms with Crippen molar-refractivity contribution in [3.05, 3.63) is 33.9 Å². The van der Waals surface area contributed by atoms with Gasteiger partial charge in [-0.1, -0.05) is 0 Å². The molecule has 0 aromatic heterocycles. The summed E-state index contributed by atoms with van der Waals surface area (Å²) in [5.74, 6) is 0. The number of benzene rings is 1. The first-order valence-corrected chi connectivity index (χ1v) is 7.09. The summed E-state index contributed by atoms with van der Waals surface area (Å²) in [5, 5.41) is 13.8. The highest BCUT2D eigenvalue weighted by atomic mass is 19.4. The number of rotatable bonds is 6. The van der Waals surface area contributed by atoms with Crippen LogP contribution in [0.1, 0.15) is 18.9 Å². The number of nitro benzene ring substituents is 1. The molecule has 0 aliphatic carbocycles. The maximum atomic E-state index is 12.6. The van der Waals surface area contributed by atoms with E-state index in [1.165, 1.54) is 0 Å². The summed E-state index contributed by atoms with van der Waals surface area (Å²) in [7, 11) is 0. The second kappa shape index (κ2) is 7.14. The zero-order valence-electron chi connectivity index (χ0n) is 12.4. The zero-order chi connectivity index (χ0) is 17.0. The van der Waals surface area contributed by atoms with Crippen LogP contribution in [0, 0.1) is 10.1 Å². The van der Waals surface area contributed by atoms with Gasteiger partial charge in [-0.25, -0.2) is 0 Å². The smallest absolute Gasteiger partial charge is 0.379 e. The van der Waals surface area contributed by atoms with Gasteiger partial charge in [-0.05, 0) is 25.5 Å². The number of nitrogens with one attached hydrogen (secondary N) is 1. The van der Waals surface area contributed by atoms with Gasteiger partial charge >= 0.3 is 6.18 Å². The maximum Gasteiger partial charge on any atom is 0.416 e. The molecule has 2 rings (SSSR count). The Morgan fingerprint density at radius 1 is 1.52 bits per heavy atom. The van der Waals surface area contributed by atoms with E-state index in [0.29, 0.717) is 19.3 Å². The van der Waals surface area contributed by atoms with Gasteiger partial charge in [0.25, 0.3) is 5.69 Å². The van der Waals surface area contributed by atoms with Gasteiger partial charge in [-0.3, -0.25) is 10.1 Å². The molecule has 2 unspecified atom stereocenters. The molecule has 1 aromatic carbocycles. The van der Waals surface area contributed by atoms with Crippen LogP contribution in [0.15, 0.2) is 18.2 Å². The molecule has 1 aliphatic rings. The minimum Gasteiger partial charge on any atom is -0.379 e. The minimum atomic E-state index is -4.62. The summed E-state index contributed by atoms with van der Waals surface area (Å²) >= 11 is 0. The molecule has 0 radical (unpaired) electrons. The molecule has 1 saturated heterocycles. The third kappa shape index (κ3) is 4.80. The van der Waals surface area contributed by atoms with E-state index in [9.17, 15) is 23.3 Å². The van der Waals surface area contributed by atoms with Gasteiger partial charge in [0, 0.05) is 18.7 Å². The molecular weight excluding hydrogens is 317 g/mol. The van der Waals surface area contributed by atoms with Crippen molar-refractivity contribution in [2.45, 2.75) is 31.7 Å². The predicted molar refractivity (Wildman–Crippen MR) is 76.4 cm³/mol. The van der Waals surface area contributed by atoms with Crippen LogP contribution < -0.4 is 5.32 Å². The first kappa shape index (κ1) is 17.5. The molecule has 1 N–H and O–H groups in total. The summed E-state index contributed by atoms with van der Waals surface area (Å²) in [6.45, 7) is 3.15. The number of halogens is 3. The van der Waals surface area contributed by atoms with E-state index >= 15 is 0 Å². The first-order valence-electron chi connectivity index (χ1n) is 7.09. The molecule has 6 nitrogen and oxygen atoms in total. The van der Waals surface area contributed by atoms with E-state index in [1.54, 1.807) is 6.92 Å². The first-order chi connectivity index (χ1) is 10.8. The number of ether oxygens (including phenoxy) is 2. The molecule has 0 spiro atoms. The van der Waals surface area contributed by atoms with Crippen molar-refractivity contribution in [2.24, 2.45) is 0 Å². The summed E-state index contributed by atoms with van der Waals surface area (Å²) in [5.41, 5.74) is -1.64. The van der Waals surface area contributed by atoms with Crippen LogP contribution in [0.2, 0.25) is 0 Å². The lowest BCUT2D eigenvalue weighted by Gasteiger charge is -2.18. The molecule has 128 valence electrons. The number of hydrogen-bond acceptors (Lipinski definition) is 5. The molecule has 1 heterocycles. The zero-order valence-corrected chi connectivity index (χ0v) is 12.4. The van der Waals surface area contributed by atoms with Crippen molar-refractivity contribution < 1.29 is 27.6 Å². The highest BCUT2D eigenvalue weighted by Crippen LogP contribution is 2.35. The van der Waals surface area contributed by atoms with Gasteiger partial charge in [0.15, 0.2) is 0 Å². The van der Waals surface area contributed by atoms with Gasteiger partial charge in [-0.2, -0.15) is 13.2 Å². The second-order valence-corrected chi connectivity index (χ2v) is 5.35. The molecule has 1 aromatic rings. The van der Waals surface area contributed by atoms with E-state index in [0.717, 1.165) is 18.6 Å². The normalized spacial score (nSPS) is 19.6. The standard InChI is InChI=1S/C14H17F3N2O4/c1-9(7-23-11-4-5-22-8-11)18-12-3-2-10(14(15,16)17)6-13(12)19(20)21/h2-3,6,9,11,18H,4-5,7-8H2,1H3. The third-order valence-electron chi connectivity index (χ3n) is 3.39. The molecule has 2 atom stereocenters. The number of nitrogens with zero attached hydrogens (tertiary/aromatic N) is 1. The van der Waals surface area contributed by atoms with Crippen molar-refractivity contribution in [1.82, 2.24) is 0 Å². The lowest BCUT2D eigenvalue weighted by Crippen LogP contribution is -2.26. The van der Waals surface area contributed by atoms with Crippen LogP contribution in [-0.2, 0) is 15.7 Å². The molecular formula is C14H17F3N2O4. The van der Waals surface area contributed by atoms with Crippen LogP contribution in [0.3, 0.4) is 0 Å². The monoisotopic (exact) mass is 334 g/mol. The summed E-state index contributed by atoms with van der Waals surface area (Å²) in [6, 6.07) is 2.11. The highest BCUT2D eigenvalue weighted by molar-refractivity contribution is 5.63. The van der Waals surface area contributed by atoms with E-state index in [4.69, 9.17) is 9.47 Å². The van der Waals surface area contributed by atoms with E-state index in [2.05, 4.69) is 5.32 Å². The lowest BCUT2D eigenvalue weighted by molar-refractivity contribution is -0.384. The molecule has 0 saturated carbocycles. The Morgan fingerprint density at radius 2 is 2.26 bits per heavy atom. The number of alkyl halides is 3. The number of anilines is 1. The fraction of sp³-hybridized carbons (Fsp3) is 0.571. The number of hydrogen-bond donors (Lipinski definition) is 1. The van der Waals surface area contributed by atoms with Gasteiger partial charge in [0.1, 0.15) is 5.69 Å². The van der Waals surface area contributed by atoms with Crippen LogP contribution in [-0.4, -0.2) is 36.9 Å². The van der Waals surface area contributed by atoms with E-state index in [-0.39, 0.29) is 24.4 Å². The third-order valence-corrected chi connectivity index (χ3v) is 3.39. The van der Waals surface area contributed by atoms with Crippen molar-refractivity contribution in [3.63, 3.8) is 0 Å². The minimum absolute atomic E-state index is 0.0122. The van der Waals surface area contributed by atoms with Gasteiger partial charge in [0.05, 0.1) is 29.8 Å². The fourth-order valence-electron chi connectivity index (χ4n) is 2.21. The van der Waals surface area contributed by atoms with Gasteiger partial charge < -0.3 is 14.8 Å². The Balaban J connectivity index is 2.04. The summed E-state index contributed by atoms with van der Waals surface area (Å²) in [4.78, 5) is 10.2. The Hall–Kier alpha value is -1.87. The van der Waals surface area contributed by atoms with Crippen LogP contribution >= 0.6 is 0 Å². The highest BCUT2D eigenvalue weighted by Gasteiger charge is 2.33. The quantitative estimate of drug-likeness (QED) is 0.639. The van der Waals surface area contributed by atoms with E-state index in [1.807, 2.05) is 0 Å². The average molecular weight is 334 g/mol. The molecule has 0 amide bonds. The second-order valence-electron chi connectivity index (χ2n) is 5.35. The molecule has 9 heteroatoms. The van der Waals surface area contributed by atoms with Crippen LogP contribution in [0.25, 0.3) is 0 Å². The lowest BCUT2D eigenvalue weighted by atomic mass is 10.1. The molecule has 1 aliphatic heterocycles. The van der Waals surface area contributed by atoms with Gasteiger partial charge in [0.2, 0.25) is 0 Å². The van der Waals surface area contributed by atoms with Crippen LogP contribution in [0.5, 0.6) is 0 Å². The topological polar surface area (TPSA) is 73.6 Å². The Kier molecular flexibility index (Phi) is 5.42. The van der Waals surface area contributed by atoms with Gasteiger partial charge in [-0.15, -0.1) is 0 Å². The van der Waals surface area contributed by atoms with Crippen molar-refractivity contribution >= 4 is 11.4 Å². The number of nitro groups is 1. The maximum absolute atomic E-state index is 12.6. The van der Waals surface area contributed by atoms with Crippen molar-refractivity contribution in [2.75, 3.05) is 25.1 Å². The average Bonchev–Trinajstić information content (AvgIpc) is 2.97. The summed E-state index contributed by atoms with van der Waals surface area (Å²) in [6.07, 6.45) is -3.85. The Morgan fingerprint density at radius 3 is 2.83 bits per heavy atom. The van der Waals surface area contributed by atoms with Crippen LogP contribution in [0.4, 0.5) is 24.5 Å². The summed E-state index contributed by atoms with van der Waals surface area (Å²) < 4.78 is 48.7. The van der Waals surface area contributed by atoms with Crippen molar-refractivity contribution in [1.29, 1.82) is 0 Å². The van der Waals surface area contributed by atoms with E-state index < -0.39 is 22.4 Å². The molecule has 0 bridgehead atoms. The fourth-order valence-corrected chi connectivity index (χ4v) is 2.21. The molecule has 23 heavy (non-hydrogen) atoms. The Bertz CT molecular complexity index is 559. The molecule has 1 fully saturated rings. The Labute approximate surface area is 130 Å². The van der Waals surface area contributed by atoms with Crippen molar-refractivity contribution in [3.8, 4) is 0 Å².